The molecule has 146 valence electrons. The number of halogens is 3. The van der Waals surface area contributed by atoms with Gasteiger partial charge in [0.05, 0.1) is 30.3 Å². The van der Waals surface area contributed by atoms with E-state index >= 15 is 0 Å². The van der Waals surface area contributed by atoms with Crippen molar-refractivity contribution in [1.82, 2.24) is 4.90 Å². The van der Waals surface area contributed by atoms with E-state index in [2.05, 4.69) is 0 Å². The molecule has 1 atom stereocenters. The van der Waals surface area contributed by atoms with E-state index < -0.39 is 33.2 Å². The molecular weight excluding hydrogens is 371 g/mol. The number of hydrogen-bond donors (Lipinski definition) is 0. The van der Waals surface area contributed by atoms with Crippen LogP contribution in [0.5, 0.6) is 0 Å². The molecule has 0 N–H and O–H groups in total. The summed E-state index contributed by atoms with van der Waals surface area (Å²) in [4.78, 5) is 13.8. The van der Waals surface area contributed by atoms with Crippen molar-refractivity contribution in [2.24, 2.45) is 5.92 Å². The third kappa shape index (κ3) is 5.98. The van der Waals surface area contributed by atoms with E-state index in [1.165, 1.54) is 18.2 Å². The summed E-state index contributed by atoms with van der Waals surface area (Å²) in [6, 6.07) is 4.65. The molecular formula is C17H22F3NO4S. The normalized spacial score (nSPS) is 17.2. The van der Waals surface area contributed by atoms with Gasteiger partial charge in [-0.1, -0.05) is 25.1 Å². The zero-order valence-corrected chi connectivity index (χ0v) is 15.3. The van der Waals surface area contributed by atoms with Crippen LogP contribution in [-0.4, -0.2) is 51.3 Å². The molecule has 1 aromatic rings. The molecule has 0 bridgehead atoms. The highest BCUT2D eigenvalue weighted by Gasteiger charge is 2.34. The number of carbonyl (C=O) groups is 1. The summed E-state index contributed by atoms with van der Waals surface area (Å²) in [6.07, 6.45) is -4.57. The summed E-state index contributed by atoms with van der Waals surface area (Å²) in [6.45, 7) is 3.46. The number of carbonyl (C=O) groups excluding carboxylic acids is 1. The molecule has 1 aliphatic rings. The fraction of sp³-hybridized carbons (Fsp3) is 0.588. The van der Waals surface area contributed by atoms with Gasteiger partial charge in [-0.3, -0.25) is 4.79 Å². The van der Waals surface area contributed by atoms with Gasteiger partial charge in [0.2, 0.25) is 5.91 Å². The maximum Gasteiger partial charge on any atom is 0.416 e. The summed E-state index contributed by atoms with van der Waals surface area (Å²) < 4.78 is 68.9. The first-order chi connectivity index (χ1) is 12.1. The smallest absolute Gasteiger partial charge is 0.378 e. The van der Waals surface area contributed by atoms with E-state index in [0.29, 0.717) is 26.3 Å². The van der Waals surface area contributed by atoms with Crippen LogP contribution in [0, 0.1) is 5.92 Å². The van der Waals surface area contributed by atoms with Gasteiger partial charge >= 0.3 is 6.18 Å². The SMILES string of the molecule is CC(CC(=O)N1CCOCC1)CS(=O)(=O)Cc1ccccc1C(F)(F)F. The average Bonchev–Trinajstić information content (AvgIpc) is 2.54. The minimum Gasteiger partial charge on any atom is -0.378 e. The van der Waals surface area contributed by atoms with Crippen molar-refractivity contribution in [3.05, 3.63) is 35.4 Å². The quantitative estimate of drug-likeness (QED) is 0.745. The monoisotopic (exact) mass is 393 g/mol. The van der Waals surface area contributed by atoms with E-state index in [1.54, 1.807) is 11.8 Å². The first-order valence-corrected chi connectivity index (χ1v) is 10.1. The second kappa shape index (κ2) is 8.39. The molecule has 0 saturated carbocycles. The first kappa shape index (κ1) is 20.7. The molecule has 9 heteroatoms. The van der Waals surface area contributed by atoms with Crippen LogP contribution in [0.2, 0.25) is 0 Å². The largest absolute Gasteiger partial charge is 0.416 e. The number of nitrogens with zero attached hydrogens (tertiary/aromatic N) is 1. The molecule has 0 aromatic heterocycles. The van der Waals surface area contributed by atoms with Crippen LogP contribution in [0.3, 0.4) is 0 Å². The Bertz CT molecular complexity index is 728. The Morgan fingerprint density at radius 1 is 1.23 bits per heavy atom. The Balaban J connectivity index is 1.99. The van der Waals surface area contributed by atoms with Crippen molar-refractivity contribution in [3.63, 3.8) is 0 Å². The zero-order valence-electron chi connectivity index (χ0n) is 14.5. The van der Waals surface area contributed by atoms with Crippen molar-refractivity contribution in [2.45, 2.75) is 25.3 Å². The van der Waals surface area contributed by atoms with Crippen molar-refractivity contribution in [3.8, 4) is 0 Å². The second-order valence-corrected chi connectivity index (χ2v) is 8.62. The van der Waals surface area contributed by atoms with Gasteiger partial charge in [-0.25, -0.2) is 8.42 Å². The number of hydrogen-bond acceptors (Lipinski definition) is 4. The number of alkyl halides is 3. The van der Waals surface area contributed by atoms with Crippen LogP contribution in [0.4, 0.5) is 13.2 Å². The van der Waals surface area contributed by atoms with Crippen LogP contribution >= 0.6 is 0 Å². The lowest BCUT2D eigenvalue weighted by molar-refractivity contribution is -0.138. The third-order valence-corrected chi connectivity index (χ3v) is 5.95. The number of ether oxygens (including phenoxy) is 1. The van der Waals surface area contributed by atoms with Crippen molar-refractivity contribution in [1.29, 1.82) is 0 Å². The molecule has 1 fully saturated rings. The topological polar surface area (TPSA) is 63.7 Å². The predicted molar refractivity (Wildman–Crippen MR) is 90.1 cm³/mol. The van der Waals surface area contributed by atoms with Crippen molar-refractivity contribution >= 4 is 15.7 Å². The lowest BCUT2D eigenvalue weighted by Gasteiger charge is -2.27. The molecule has 1 heterocycles. The second-order valence-electron chi connectivity index (χ2n) is 6.51. The molecule has 1 unspecified atom stereocenters. The highest BCUT2D eigenvalue weighted by atomic mass is 32.2. The molecule has 5 nitrogen and oxygen atoms in total. The minimum absolute atomic E-state index is 0.0418. The molecule has 0 aliphatic carbocycles. The van der Waals surface area contributed by atoms with Gasteiger partial charge in [0.15, 0.2) is 9.84 Å². The molecule has 26 heavy (non-hydrogen) atoms. The Kier molecular flexibility index (Phi) is 6.68. The minimum atomic E-state index is -4.61. The van der Waals surface area contributed by atoms with Gasteiger partial charge in [-0.2, -0.15) is 13.2 Å². The number of morpholine rings is 1. The van der Waals surface area contributed by atoms with Gasteiger partial charge in [0, 0.05) is 19.5 Å². The molecule has 1 aromatic carbocycles. The molecule has 2 rings (SSSR count). The molecule has 1 aliphatic heterocycles. The fourth-order valence-corrected chi connectivity index (χ4v) is 4.78. The molecule has 0 radical (unpaired) electrons. The van der Waals surface area contributed by atoms with Crippen molar-refractivity contribution in [2.75, 3.05) is 32.1 Å². The molecule has 0 spiro atoms. The highest BCUT2D eigenvalue weighted by molar-refractivity contribution is 7.90. The van der Waals surface area contributed by atoms with E-state index in [4.69, 9.17) is 4.74 Å². The van der Waals surface area contributed by atoms with E-state index in [0.717, 1.165) is 6.07 Å². The van der Waals surface area contributed by atoms with Crippen LogP contribution in [-0.2, 0) is 31.3 Å². The number of benzene rings is 1. The summed E-state index contributed by atoms with van der Waals surface area (Å²) in [5, 5.41) is 0. The lowest BCUT2D eigenvalue weighted by atomic mass is 10.1. The number of sulfone groups is 1. The summed E-state index contributed by atoms with van der Waals surface area (Å²) in [5.41, 5.74) is -1.22. The summed E-state index contributed by atoms with van der Waals surface area (Å²) in [7, 11) is -3.79. The van der Waals surface area contributed by atoms with Crippen molar-refractivity contribution < 1.29 is 31.1 Å². The first-order valence-electron chi connectivity index (χ1n) is 8.29. The van der Waals surface area contributed by atoms with Crippen LogP contribution in [0.15, 0.2) is 24.3 Å². The summed E-state index contributed by atoms with van der Waals surface area (Å²) in [5.74, 6) is -1.67. The Morgan fingerprint density at radius 2 is 1.85 bits per heavy atom. The van der Waals surface area contributed by atoms with E-state index in [1.807, 2.05) is 0 Å². The number of amides is 1. The van der Waals surface area contributed by atoms with Crippen LogP contribution in [0.1, 0.15) is 24.5 Å². The zero-order chi connectivity index (χ0) is 19.4. The average molecular weight is 393 g/mol. The standard InChI is InChI=1S/C17H22F3NO4S/c1-13(10-16(22)21-6-8-25-9-7-21)11-26(23,24)12-14-4-2-3-5-15(14)17(18,19)20/h2-5,13H,6-12H2,1H3. The van der Waals surface area contributed by atoms with E-state index in [-0.39, 0.29) is 23.6 Å². The van der Waals surface area contributed by atoms with Gasteiger partial charge in [0.1, 0.15) is 0 Å². The number of rotatable bonds is 6. The predicted octanol–water partition coefficient (Wildman–Crippen LogP) is 2.51. The van der Waals surface area contributed by atoms with Crippen LogP contribution < -0.4 is 0 Å². The Labute approximate surface area is 151 Å². The molecule has 1 amide bonds. The lowest BCUT2D eigenvalue weighted by Crippen LogP contribution is -2.41. The van der Waals surface area contributed by atoms with Gasteiger partial charge in [-0.15, -0.1) is 0 Å². The third-order valence-electron chi connectivity index (χ3n) is 4.12. The summed E-state index contributed by atoms with van der Waals surface area (Å²) >= 11 is 0. The van der Waals surface area contributed by atoms with E-state index in [9.17, 15) is 26.4 Å². The molecule has 1 saturated heterocycles. The maximum atomic E-state index is 13.0. The highest BCUT2D eigenvalue weighted by Crippen LogP contribution is 2.32. The fourth-order valence-electron chi connectivity index (χ4n) is 2.95. The Morgan fingerprint density at radius 3 is 2.46 bits per heavy atom. The van der Waals surface area contributed by atoms with Gasteiger partial charge in [0.25, 0.3) is 0 Å². The maximum absolute atomic E-state index is 13.0. The Hall–Kier alpha value is -1.61. The van der Waals surface area contributed by atoms with Gasteiger partial charge in [-0.05, 0) is 17.5 Å². The van der Waals surface area contributed by atoms with Gasteiger partial charge < -0.3 is 9.64 Å². The van der Waals surface area contributed by atoms with Crippen LogP contribution in [0.25, 0.3) is 0 Å².